The van der Waals surface area contributed by atoms with Gasteiger partial charge in [-0.1, -0.05) is 6.07 Å². The lowest BCUT2D eigenvalue weighted by Gasteiger charge is -2.40. The molecule has 0 aromatic heterocycles. The molecule has 0 spiro atoms. The second-order valence-electron chi connectivity index (χ2n) is 6.79. The average Bonchev–Trinajstić information content (AvgIpc) is 2.91. The van der Waals surface area contributed by atoms with Crippen LogP contribution < -0.4 is 9.47 Å². The van der Waals surface area contributed by atoms with Gasteiger partial charge in [0.25, 0.3) is 0 Å². The molecule has 2 aliphatic rings. The van der Waals surface area contributed by atoms with E-state index in [1.165, 1.54) is 0 Å². The average molecular weight is 331 g/mol. The quantitative estimate of drug-likeness (QED) is 0.916. The maximum Gasteiger partial charge on any atom is 0.161 e. The van der Waals surface area contributed by atoms with Crippen molar-refractivity contribution in [3.05, 3.63) is 35.5 Å². The topological polar surface area (TPSA) is 59.0 Å². The van der Waals surface area contributed by atoms with E-state index in [1.807, 2.05) is 31.3 Å². The van der Waals surface area contributed by atoms with Crippen molar-refractivity contribution >= 4 is 5.78 Å². The minimum atomic E-state index is -0.716. The van der Waals surface area contributed by atoms with E-state index in [2.05, 4.69) is 4.90 Å². The number of likely N-dealkylation sites (N-methyl/N-ethyl adjacent to an activating group) is 1. The third kappa shape index (κ3) is 2.47. The van der Waals surface area contributed by atoms with Gasteiger partial charge in [-0.3, -0.25) is 4.79 Å². The molecule has 3 atom stereocenters. The number of allylic oxidation sites excluding steroid dienone is 1. The molecule has 24 heavy (non-hydrogen) atoms. The lowest BCUT2D eigenvalue weighted by atomic mass is 9.65. The molecule has 0 amide bonds. The fourth-order valence-electron chi connectivity index (χ4n) is 4.17. The SMILES string of the molecule is COc1ccc([C@]23CCN(C)C2=C[C@@H](O)[C@@H](C(C)=O)C3)cc1OC. The number of carbonyl (C=O) groups is 1. The van der Waals surface area contributed by atoms with Gasteiger partial charge in [0, 0.05) is 30.6 Å². The summed E-state index contributed by atoms with van der Waals surface area (Å²) >= 11 is 0. The first kappa shape index (κ1) is 16.8. The van der Waals surface area contributed by atoms with Crippen molar-refractivity contribution in [2.75, 3.05) is 27.8 Å². The van der Waals surface area contributed by atoms with Crippen LogP contribution in [0.15, 0.2) is 30.0 Å². The van der Waals surface area contributed by atoms with Gasteiger partial charge < -0.3 is 19.5 Å². The molecular formula is C19H25NO4. The van der Waals surface area contributed by atoms with Crippen molar-refractivity contribution in [3.8, 4) is 11.5 Å². The summed E-state index contributed by atoms with van der Waals surface area (Å²) in [5.41, 5.74) is 1.94. The zero-order valence-electron chi connectivity index (χ0n) is 14.7. The molecule has 0 saturated carbocycles. The van der Waals surface area contributed by atoms with Crippen LogP contribution in [0, 0.1) is 5.92 Å². The van der Waals surface area contributed by atoms with Crippen LogP contribution in [-0.2, 0) is 10.2 Å². The molecule has 1 aromatic carbocycles. The van der Waals surface area contributed by atoms with E-state index in [-0.39, 0.29) is 17.1 Å². The van der Waals surface area contributed by atoms with E-state index in [4.69, 9.17) is 9.47 Å². The number of nitrogens with zero attached hydrogens (tertiary/aromatic N) is 1. The number of fused-ring (bicyclic) bond motifs is 1. The number of ketones is 1. The molecule has 1 N–H and O–H groups in total. The van der Waals surface area contributed by atoms with Crippen LogP contribution in [0.1, 0.15) is 25.3 Å². The van der Waals surface area contributed by atoms with Gasteiger partial charge in [0.05, 0.1) is 20.3 Å². The number of aliphatic hydroxyl groups is 1. The van der Waals surface area contributed by atoms with Gasteiger partial charge >= 0.3 is 0 Å². The van der Waals surface area contributed by atoms with Crippen molar-refractivity contribution in [1.82, 2.24) is 4.90 Å². The van der Waals surface area contributed by atoms with E-state index in [9.17, 15) is 9.90 Å². The summed E-state index contributed by atoms with van der Waals surface area (Å²) in [4.78, 5) is 14.2. The summed E-state index contributed by atoms with van der Waals surface area (Å²) in [6.45, 7) is 2.46. The lowest BCUT2D eigenvalue weighted by molar-refractivity contribution is -0.124. The zero-order valence-corrected chi connectivity index (χ0v) is 14.7. The highest BCUT2D eigenvalue weighted by Crippen LogP contribution is 2.51. The van der Waals surface area contributed by atoms with Crippen LogP contribution in [0.2, 0.25) is 0 Å². The number of Topliss-reactive ketones (excluding diaryl/α,β-unsaturated/α-hetero) is 1. The molecule has 1 aromatic rings. The van der Waals surface area contributed by atoms with Gasteiger partial charge in [0.1, 0.15) is 5.78 Å². The molecule has 1 heterocycles. The Hall–Kier alpha value is -2.01. The number of rotatable bonds is 4. The predicted octanol–water partition coefficient (Wildman–Crippen LogP) is 2.13. The van der Waals surface area contributed by atoms with Crippen molar-refractivity contribution in [1.29, 1.82) is 0 Å². The first-order valence-corrected chi connectivity index (χ1v) is 8.27. The second kappa shape index (κ2) is 6.13. The molecule has 130 valence electrons. The number of hydrogen-bond acceptors (Lipinski definition) is 5. The van der Waals surface area contributed by atoms with Gasteiger partial charge in [-0.25, -0.2) is 0 Å². The summed E-state index contributed by atoms with van der Waals surface area (Å²) < 4.78 is 10.8. The Morgan fingerprint density at radius 2 is 2.00 bits per heavy atom. The van der Waals surface area contributed by atoms with Crippen LogP contribution >= 0.6 is 0 Å². The highest BCUT2D eigenvalue weighted by atomic mass is 16.5. The van der Waals surface area contributed by atoms with Gasteiger partial charge in [-0.05, 0) is 43.5 Å². The monoisotopic (exact) mass is 331 g/mol. The van der Waals surface area contributed by atoms with Crippen LogP contribution in [-0.4, -0.2) is 49.7 Å². The molecular weight excluding hydrogens is 306 g/mol. The minimum absolute atomic E-state index is 0.0344. The number of carbonyl (C=O) groups excluding carboxylic acids is 1. The second-order valence-corrected chi connectivity index (χ2v) is 6.79. The highest BCUT2D eigenvalue weighted by molar-refractivity contribution is 5.80. The molecule has 0 radical (unpaired) electrons. The first-order valence-electron chi connectivity index (χ1n) is 8.27. The van der Waals surface area contributed by atoms with Crippen molar-refractivity contribution in [2.45, 2.75) is 31.3 Å². The Bertz CT molecular complexity index is 684. The van der Waals surface area contributed by atoms with E-state index in [1.54, 1.807) is 21.1 Å². The highest BCUT2D eigenvalue weighted by Gasteiger charge is 2.49. The fourth-order valence-corrected chi connectivity index (χ4v) is 4.17. The maximum atomic E-state index is 12.0. The van der Waals surface area contributed by atoms with E-state index in [0.717, 1.165) is 24.2 Å². The smallest absolute Gasteiger partial charge is 0.161 e. The van der Waals surface area contributed by atoms with Gasteiger partial charge in [0.2, 0.25) is 0 Å². The first-order chi connectivity index (χ1) is 11.4. The van der Waals surface area contributed by atoms with Crippen LogP contribution in [0.5, 0.6) is 11.5 Å². The number of aliphatic hydroxyl groups excluding tert-OH is 1. The molecule has 5 nitrogen and oxygen atoms in total. The zero-order chi connectivity index (χ0) is 17.5. The standard InChI is InChI=1S/C19H25NO4/c1-12(21)14-11-19(7-8-20(2)18(19)10-15(14)22)13-5-6-16(23-3)17(9-13)24-4/h5-6,9-10,14-15,22H,7-8,11H2,1-4H3/t14-,15-,19-/m1/s1. The Balaban J connectivity index is 2.12. The van der Waals surface area contributed by atoms with Gasteiger partial charge in [-0.2, -0.15) is 0 Å². The molecule has 0 unspecified atom stereocenters. The van der Waals surface area contributed by atoms with Crippen LogP contribution in [0.4, 0.5) is 0 Å². The molecule has 1 saturated heterocycles. The molecule has 3 rings (SSSR count). The molecule has 1 aliphatic heterocycles. The van der Waals surface area contributed by atoms with Crippen molar-refractivity contribution in [2.24, 2.45) is 5.92 Å². The molecule has 0 bridgehead atoms. The Morgan fingerprint density at radius 3 is 2.62 bits per heavy atom. The Labute approximate surface area is 142 Å². The predicted molar refractivity (Wildman–Crippen MR) is 91.3 cm³/mol. The number of likely N-dealkylation sites (tertiary alicyclic amines) is 1. The third-order valence-electron chi connectivity index (χ3n) is 5.54. The fraction of sp³-hybridized carbons (Fsp3) is 0.526. The van der Waals surface area contributed by atoms with E-state index in [0.29, 0.717) is 17.9 Å². The third-order valence-corrected chi connectivity index (χ3v) is 5.54. The minimum Gasteiger partial charge on any atom is -0.493 e. The number of methoxy groups -OCH3 is 2. The number of hydrogen-bond donors (Lipinski definition) is 1. The van der Waals surface area contributed by atoms with Crippen LogP contribution in [0.3, 0.4) is 0 Å². The molecule has 1 aliphatic carbocycles. The van der Waals surface area contributed by atoms with Gasteiger partial charge in [-0.15, -0.1) is 0 Å². The number of ether oxygens (including phenoxy) is 2. The maximum absolute atomic E-state index is 12.0. The van der Waals surface area contributed by atoms with Crippen molar-refractivity contribution in [3.63, 3.8) is 0 Å². The number of benzene rings is 1. The van der Waals surface area contributed by atoms with E-state index < -0.39 is 6.10 Å². The largest absolute Gasteiger partial charge is 0.493 e. The van der Waals surface area contributed by atoms with Gasteiger partial charge in [0.15, 0.2) is 11.5 Å². The molecule has 1 fully saturated rings. The van der Waals surface area contributed by atoms with E-state index >= 15 is 0 Å². The summed E-state index contributed by atoms with van der Waals surface area (Å²) in [6.07, 6.45) is 2.68. The summed E-state index contributed by atoms with van der Waals surface area (Å²) in [7, 11) is 5.28. The Morgan fingerprint density at radius 1 is 1.29 bits per heavy atom. The summed E-state index contributed by atoms with van der Waals surface area (Å²) in [6, 6.07) is 5.96. The summed E-state index contributed by atoms with van der Waals surface area (Å²) in [5, 5.41) is 10.4. The normalized spacial score (nSPS) is 29.0. The van der Waals surface area contributed by atoms with Crippen LogP contribution in [0.25, 0.3) is 0 Å². The lowest BCUT2D eigenvalue weighted by Crippen LogP contribution is -2.41. The Kier molecular flexibility index (Phi) is 4.30. The summed E-state index contributed by atoms with van der Waals surface area (Å²) in [5.74, 6) is 1.04. The van der Waals surface area contributed by atoms with Crippen molar-refractivity contribution < 1.29 is 19.4 Å². The molecule has 5 heteroatoms.